The van der Waals surface area contributed by atoms with E-state index in [0.717, 1.165) is 46.4 Å². The van der Waals surface area contributed by atoms with Gasteiger partial charge in [-0.25, -0.2) is 18.4 Å². The second-order valence-corrected chi connectivity index (χ2v) is 18.1. The highest BCUT2D eigenvalue weighted by atomic mass is 32.2. The molecule has 2 aromatic heterocycles. The Bertz CT molecular complexity index is 1990. The third kappa shape index (κ3) is 7.19. The van der Waals surface area contributed by atoms with Crippen LogP contribution < -0.4 is 19.5 Å². The first-order valence-electron chi connectivity index (χ1n) is 18.3. The highest BCUT2D eigenvalue weighted by Gasteiger charge is 2.62. The van der Waals surface area contributed by atoms with Crippen LogP contribution in [0.15, 0.2) is 35.7 Å². The van der Waals surface area contributed by atoms with Gasteiger partial charge in [0, 0.05) is 46.7 Å². The maximum absolute atomic E-state index is 14.3. The van der Waals surface area contributed by atoms with E-state index >= 15 is 0 Å². The predicted octanol–water partition coefficient (Wildman–Crippen LogP) is 5.05. The molecule has 4 aliphatic rings. The van der Waals surface area contributed by atoms with Crippen molar-refractivity contribution in [1.29, 1.82) is 0 Å². The van der Waals surface area contributed by atoms with E-state index in [1.807, 2.05) is 54.6 Å². The van der Waals surface area contributed by atoms with Gasteiger partial charge in [-0.3, -0.25) is 19.2 Å². The number of fused-ring (bicyclic) bond motifs is 3. The molecule has 0 saturated heterocycles. The summed E-state index contributed by atoms with van der Waals surface area (Å²) in [4.78, 5) is 39.7. The number of allylic oxidation sites excluding steroid dienone is 1. The molecule has 52 heavy (non-hydrogen) atoms. The lowest BCUT2D eigenvalue weighted by atomic mass is 9.92. The summed E-state index contributed by atoms with van der Waals surface area (Å²) in [6, 6.07) is 5.71. The minimum absolute atomic E-state index is 0.263. The third-order valence-electron chi connectivity index (χ3n) is 11.2. The van der Waals surface area contributed by atoms with E-state index in [-0.39, 0.29) is 17.7 Å². The fourth-order valence-corrected chi connectivity index (χ4v) is 10.0. The Labute approximate surface area is 309 Å². The normalized spacial score (nSPS) is 29.1. The van der Waals surface area contributed by atoms with Gasteiger partial charge in [0.05, 0.1) is 29.7 Å². The summed E-state index contributed by atoms with van der Waals surface area (Å²) in [6.07, 6.45) is 7.12. The summed E-state index contributed by atoms with van der Waals surface area (Å²) in [5, 5.41) is 17.8. The van der Waals surface area contributed by atoms with Crippen molar-refractivity contribution in [1.82, 2.24) is 24.9 Å². The predicted molar refractivity (Wildman–Crippen MR) is 200 cm³/mol. The van der Waals surface area contributed by atoms with Gasteiger partial charge < -0.3 is 19.9 Å². The minimum atomic E-state index is -3.81. The first-order chi connectivity index (χ1) is 24.8. The number of benzene rings is 1. The van der Waals surface area contributed by atoms with Gasteiger partial charge in [0.25, 0.3) is 5.91 Å². The van der Waals surface area contributed by atoms with E-state index in [9.17, 15) is 23.1 Å². The quantitative estimate of drug-likeness (QED) is 0.266. The molecule has 2 amide bonds. The van der Waals surface area contributed by atoms with Crippen LogP contribution in [0.4, 0.5) is 0 Å². The molecule has 3 heterocycles. The van der Waals surface area contributed by atoms with Crippen LogP contribution in [0.3, 0.4) is 0 Å². The Balaban J connectivity index is 1.21. The number of pyridine rings is 1. The zero-order valence-electron chi connectivity index (χ0n) is 30.4. The molecule has 0 radical (unpaired) electrons. The Kier molecular flexibility index (Phi) is 10.1. The number of carbonyl (C=O) groups excluding carboxylic acids is 2. The molecule has 0 spiro atoms. The molecule has 280 valence electrons. The van der Waals surface area contributed by atoms with Gasteiger partial charge in [-0.2, -0.15) is 0 Å². The standard InChI is InChI=1S/C38H49N5O7S2/c1-21(2)30-20-51-35(40-30)29-18-32(26-13-14-31(49-5)22(3)33(26)39-29)50-24-16-27-28(17-24)36(45)43(4)15-9-7-6-8-10-23-19-38(23,41-34(27)44)37(46)42-52(47,48)25-11-12-25/h8,10,13-14,18,20-21,23-25,27-28,36,45H,6-7,9,11-12,15-17,19H2,1-5H3,(H,41,44)(H,42,46)/b10-8-/t23-,24-,27-,28-,36?,38-/m1/s1. The van der Waals surface area contributed by atoms with Crippen LogP contribution in [0.5, 0.6) is 11.5 Å². The molecule has 14 heteroatoms. The molecule has 3 fully saturated rings. The number of carbonyl (C=O) groups is 2. The van der Waals surface area contributed by atoms with Crippen molar-refractivity contribution in [2.75, 3.05) is 20.7 Å². The molecule has 12 nitrogen and oxygen atoms in total. The van der Waals surface area contributed by atoms with Crippen LogP contribution in [0.2, 0.25) is 0 Å². The zero-order chi connectivity index (χ0) is 36.9. The molecule has 6 atom stereocenters. The number of hydrogen-bond donors (Lipinski definition) is 3. The number of aromatic nitrogens is 2. The van der Waals surface area contributed by atoms with Crippen molar-refractivity contribution in [2.24, 2.45) is 17.8 Å². The number of ether oxygens (including phenoxy) is 2. The second kappa shape index (κ2) is 14.3. The summed E-state index contributed by atoms with van der Waals surface area (Å²) in [5.41, 5.74) is 1.88. The van der Waals surface area contributed by atoms with Gasteiger partial charge in [-0.05, 0) is 83.4 Å². The number of aryl methyl sites for hydroxylation is 1. The number of nitrogens with one attached hydrogen (secondary N) is 2. The zero-order valence-corrected chi connectivity index (χ0v) is 32.1. The highest BCUT2D eigenvalue weighted by Crippen LogP contribution is 2.48. The van der Waals surface area contributed by atoms with Crippen LogP contribution in [-0.2, 0) is 19.6 Å². The number of nitrogens with zero attached hydrogens (tertiary/aromatic N) is 3. The molecule has 0 bridgehead atoms. The van der Waals surface area contributed by atoms with E-state index in [1.54, 1.807) is 7.11 Å². The molecule has 1 aromatic carbocycles. The first-order valence-corrected chi connectivity index (χ1v) is 20.8. The Morgan fingerprint density at radius 2 is 1.96 bits per heavy atom. The average Bonchev–Trinajstić information content (AvgIpc) is 3.98. The largest absolute Gasteiger partial charge is 0.496 e. The highest BCUT2D eigenvalue weighted by molar-refractivity contribution is 7.91. The van der Waals surface area contributed by atoms with Crippen LogP contribution >= 0.6 is 11.3 Å². The lowest BCUT2D eigenvalue weighted by Crippen LogP contribution is -2.54. The topological polar surface area (TPSA) is 160 Å². The van der Waals surface area contributed by atoms with Gasteiger partial charge in [-0.15, -0.1) is 11.3 Å². The SMILES string of the molecule is COc1ccc2c(O[C@@H]3C[C@H]4C(=O)N[C@]5(C(=O)NS(=O)(=O)C6CC6)C[C@H]5/C=C\CCCCN(C)C(O)[C@@H]4C3)cc(-c3nc(C(C)C)cs3)nc2c1C. The maximum atomic E-state index is 14.3. The fraction of sp³-hybridized carbons (Fsp3) is 0.579. The molecule has 3 aliphatic carbocycles. The van der Waals surface area contributed by atoms with Gasteiger partial charge in [0.2, 0.25) is 15.9 Å². The second-order valence-electron chi connectivity index (χ2n) is 15.3. The Morgan fingerprint density at radius 1 is 1.17 bits per heavy atom. The van der Waals surface area contributed by atoms with Gasteiger partial charge in [0.15, 0.2) is 0 Å². The summed E-state index contributed by atoms with van der Waals surface area (Å²) in [7, 11) is -0.323. The number of sulfonamides is 1. The average molecular weight is 752 g/mol. The van der Waals surface area contributed by atoms with Gasteiger partial charge in [-0.1, -0.05) is 26.0 Å². The van der Waals surface area contributed by atoms with E-state index in [4.69, 9.17) is 19.4 Å². The van der Waals surface area contributed by atoms with E-state index in [1.165, 1.54) is 11.3 Å². The van der Waals surface area contributed by atoms with Crippen molar-refractivity contribution in [3.63, 3.8) is 0 Å². The number of methoxy groups -OCH3 is 1. The van der Waals surface area contributed by atoms with E-state index in [2.05, 4.69) is 23.9 Å². The smallest absolute Gasteiger partial charge is 0.259 e. The lowest BCUT2D eigenvalue weighted by Gasteiger charge is -2.32. The lowest BCUT2D eigenvalue weighted by molar-refractivity contribution is -0.135. The number of amides is 2. The van der Waals surface area contributed by atoms with E-state index < -0.39 is 50.9 Å². The van der Waals surface area contributed by atoms with Crippen molar-refractivity contribution in [2.45, 2.75) is 101 Å². The number of rotatable bonds is 8. The molecule has 3 saturated carbocycles. The Morgan fingerprint density at radius 3 is 2.67 bits per heavy atom. The molecule has 1 unspecified atom stereocenters. The number of aliphatic hydroxyl groups excluding tert-OH is 1. The minimum Gasteiger partial charge on any atom is -0.496 e. The molecular formula is C38H49N5O7S2. The summed E-state index contributed by atoms with van der Waals surface area (Å²) in [6.45, 7) is 6.82. The van der Waals surface area contributed by atoms with Crippen molar-refractivity contribution < 1.29 is 32.6 Å². The summed E-state index contributed by atoms with van der Waals surface area (Å²) < 4.78 is 40.3. The molecule has 3 N–H and O–H groups in total. The molecule has 7 rings (SSSR count). The van der Waals surface area contributed by atoms with Crippen LogP contribution in [0.1, 0.15) is 82.4 Å². The number of thiazole rings is 1. The van der Waals surface area contributed by atoms with Crippen LogP contribution in [0.25, 0.3) is 21.6 Å². The van der Waals surface area contributed by atoms with Crippen molar-refractivity contribution in [3.05, 3.63) is 47.0 Å². The molecular weight excluding hydrogens is 703 g/mol. The van der Waals surface area contributed by atoms with Crippen molar-refractivity contribution in [3.8, 4) is 22.2 Å². The van der Waals surface area contributed by atoms with Crippen molar-refractivity contribution >= 4 is 44.1 Å². The van der Waals surface area contributed by atoms with E-state index in [0.29, 0.717) is 55.8 Å². The monoisotopic (exact) mass is 751 g/mol. The fourth-order valence-electron chi connectivity index (χ4n) is 7.72. The van der Waals surface area contributed by atoms with Gasteiger partial charge >= 0.3 is 0 Å². The van der Waals surface area contributed by atoms with Crippen LogP contribution in [0, 0.1) is 24.7 Å². The number of aliphatic hydroxyl groups is 1. The summed E-state index contributed by atoms with van der Waals surface area (Å²) in [5.74, 6) is -1.03. The first kappa shape index (κ1) is 36.8. The Hall–Kier alpha value is -3.59. The number of hydrogen-bond acceptors (Lipinski definition) is 11. The third-order valence-corrected chi connectivity index (χ3v) is 13.9. The van der Waals surface area contributed by atoms with Crippen LogP contribution in [-0.4, -0.2) is 84.0 Å². The molecule has 3 aromatic rings. The van der Waals surface area contributed by atoms with Gasteiger partial charge in [0.1, 0.15) is 34.0 Å². The maximum Gasteiger partial charge on any atom is 0.259 e. The molecule has 1 aliphatic heterocycles. The summed E-state index contributed by atoms with van der Waals surface area (Å²) >= 11 is 1.53.